The number of hydrogen-bond acceptors (Lipinski definition) is 7. The number of aliphatic imine (C=N–C) groups is 1. The summed E-state index contributed by atoms with van der Waals surface area (Å²) in [5.41, 5.74) is 19.6. The number of primary amides is 1. The molecule has 0 radical (unpaired) electrons. The van der Waals surface area contributed by atoms with E-state index in [1.54, 1.807) is 5.43 Å². The number of nitrogens with one attached hydrogen (secondary N) is 2. The Morgan fingerprint density at radius 1 is 1.30 bits per heavy atom. The first-order chi connectivity index (χ1) is 14.3. The molecule has 12 heteroatoms. The van der Waals surface area contributed by atoms with Crippen LogP contribution in [-0.4, -0.2) is 58.9 Å². The number of amides is 2. The molecule has 2 rings (SSSR count). The molecule has 0 aliphatic carbocycles. The van der Waals surface area contributed by atoms with Crippen molar-refractivity contribution < 1.29 is 14.6 Å². The average molecular weight is 420 g/mol. The van der Waals surface area contributed by atoms with Gasteiger partial charge in [0.25, 0.3) is 5.96 Å². The molecule has 3 atom stereocenters. The van der Waals surface area contributed by atoms with Gasteiger partial charge in [0.1, 0.15) is 0 Å². The van der Waals surface area contributed by atoms with Gasteiger partial charge in [-0.15, -0.1) is 0 Å². The van der Waals surface area contributed by atoms with Crippen LogP contribution in [0.5, 0.6) is 0 Å². The Morgan fingerprint density at radius 3 is 2.63 bits per heavy atom. The third kappa shape index (κ3) is 7.29. The van der Waals surface area contributed by atoms with Gasteiger partial charge in [-0.05, 0) is 24.8 Å². The topological polar surface area (TPSA) is 195 Å². The van der Waals surface area contributed by atoms with Gasteiger partial charge in [0, 0.05) is 25.7 Å². The summed E-state index contributed by atoms with van der Waals surface area (Å²) in [6, 6.07) is 8.25. The second-order valence-corrected chi connectivity index (χ2v) is 7.16. The van der Waals surface area contributed by atoms with Crippen LogP contribution >= 0.6 is 0 Å². The van der Waals surface area contributed by atoms with Gasteiger partial charge in [0.2, 0.25) is 11.8 Å². The molecule has 0 aromatic heterocycles. The van der Waals surface area contributed by atoms with E-state index in [4.69, 9.17) is 17.2 Å². The van der Waals surface area contributed by atoms with E-state index in [-0.39, 0.29) is 24.5 Å². The summed E-state index contributed by atoms with van der Waals surface area (Å²) >= 11 is 0. The summed E-state index contributed by atoms with van der Waals surface area (Å²) in [4.78, 5) is 40.2. The van der Waals surface area contributed by atoms with Gasteiger partial charge < -0.3 is 22.5 Å². The molecule has 0 unspecified atom stereocenters. The van der Waals surface area contributed by atoms with Gasteiger partial charge in [-0.3, -0.25) is 14.5 Å². The number of guanidine groups is 1. The summed E-state index contributed by atoms with van der Waals surface area (Å²) in [6.45, 7) is 1.25. The molecule has 1 heterocycles. The second-order valence-electron chi connectivity index (χ2n) is 7.16. The highest BCUT2D eigenvalue weighted by Gasteiger charge is 2.36. The molecule has 164 valence electrons. The highest BCUT2D eigenvalue weighted by atomic mass is 16.7. The molecule has 1 aromatic carbocycles. The zero-order chi connectivity index (χ0) is 22.1. The van der Waals surface area contributed by atoms with Crippen molar-refractivity contribution in [3.05, 3.63) is 46.0 Å². The Morgan fingerprint density at radius 2 is 2.00 bits per heavy atom. The van der Waals surface area contributed by atoms with Crippen molar-refractivity contribution in [3.63, 3.8) is 0 Å². The third-order valence-electron chi connectivity index (χ3n) is 4.80. The largest absolute Gasteiger partial charge is 0.368 e. The third-order valence-corrected chi connectivity index (χ3v) is 4.80. The van der Waals surface area contributed by atoms with Crippen LogP contribution in [-0.2, 0) is 16.1 Å². The van der Waals surface area contributed by atoms with Crippen molar-refractivity contribution in [2.75, 3.05) is 13.1 Å². The normalized spacial score (nSPS) is 20.5. The number of benzene rings is 1. The number of carbonyl (C=O) groups excluding carboxylic acids is 2. The Labute approximate surface area is 174 Å². The van der Waals surface area contributed by atoms with Crippen molar-refractivity contribution in [2.24, 2.45) is 22.2 Å². The zero-order valence-corrected chi connectivity index (χ0v) is 16.6. The maximum Gasteiger partial charge on any atom is 0.251 e. The van der Waals surface area contributed by atoms with Gasteiger partial charge in [-0.2, -0.15) is 0 Å². The van der Waals surface area contributed by atoms with Crippen LogP contribution in [0.15, 0.2) is 35.3 Å². The van der Waals surface area contributed by atoms with Crippen molar-refractivity contribution in [1.82, 2.24) is 15.6 Å². The monoisotopic (exact) mass is 420 g/mol. The minimum atomic E-state index is -0.806. The molecular formula is C18H28N8O4. The maximum atomic E-state index is 12.4. The van der Waals surface area contributed by atoms with Crippen molar-refractivity contribution in [2.45, 2.75) is 43.9 Å². The molecule has 1 aliphatic rings. The Balaban J connectivity index is 1.81. The summed E-state index contributed by atoms with van der Waals surface area (Å²) in [6.07, 6.45) is 1.19. The zero-order valence-electron chi connectivity index (χ0n) is 16.6. The lowest BCUT2D eigenvalue weighted by Gasteiger charge is -2.21. The van der Waals surface area contributed by atoms with Gasteiger partial charge in [0.15, 0.2) is 5.03 Å². The smallest absolute Gasteiger partial charge is 0.251 e. The standard InChI is InChI=1S/C18H28N8O4/c19-14(7-4-8-22-18(21)24-26(29)30)17(28)23-13-9-15(16(20)27)25(11-13)10-12-5-2-1-3-6-12/h1-3,5-6,13-15H,4,7-11,19H2,(H2,20,27)(H,23,28)(H3,21,22,24)/t13-,14+,15+/m1/s1. The SMILES string of the molecule is NC(=O)[C@@H]1C[C@@H](NC(=O)[C@@H](N)CCCN=C(N)N[N+](=O)[O-])CN1Cc1ccccc1. The fourth-order valence-electron chi connectivity index (χ4n) is 3.38. The Hall–Kier alpha value is -3.25. The minimum Gasteiger partial charge on any atom is -0.368 e. The average Bonchev–Trinajstić information content (AvgIpc) is 3.07. The van der Waals surface area contributed by atoms with Crippen molar-refractivity contribution in [3.8, 4) is 0 Å². The summed E-state index contributed by atoms with van der Waals surface area (Å²) in [7, 11) is 0. The Kier molecular flexibility index (Phi) is 8.50. The lowest BCUT2D eigenvalue weighted by molar-refractivity contribution is -0.525. The lowest BCUT2D eigenvalue weighted by Crippen LogP contribution is -2.46. The van der Waals surface area contributed by atoms with E-state index in [1.165, 1.54) is 0 Å². The summed E-state index contributed by atoms with van der Waals surface area (Å²) in [5, 5.41) is 12.3. The number of carbonyl (C=O) groups is 2. The fraction of sp³-hybridized carbons (Fsp3) is 0.500. The number of nitro groups is 1. The van der Waals surface area contributed by atoms with Gasteiger partial charge in [-0.1, -0.05) is 35.8 Å². The summed E-state index contributed by atoms with van der Waals surface area (Å²) < 4.78 is 0. The number of hydrazine groups is 1. The Bertz CT molecular complexity index is 773. The number of hydrogen-bond donors (Lipinski definition) is 5. The van der Waals surface area contributed by atoms with E-state index in [1.807, 2.05) is 35.2 Å². The van der Waals surface area contributed by atoms with Crippen LogP contribution in [0.4, 0.5) is 0 Å². The quantitative estimate of drug-likeness (QED) is 0.0984. The van der Waals surface area contributed by atoms with E-state index < -0.39 is 23.0 Å². The molecule has 1 aromatic rings. The van der Waals surface area contributed by atoms with Crippen molar-refractivity contribution >= 4 is 17.8 Å². The molecule has 0 spiro atoms. The predicted molar refractivity (Wildman–Crippen MR) is 110 cm³/mol. The summed E-state index contributed by atoms with van der Waals surface area (Å²) in [5.74, 6) is -1.06. The van der Waals surface area contributed by atoms with E-state index in [0.29, 0.717) is 32.4 Å². The van der Waals surface area contributed by atoms with E-state index in [0.717, 1.165) is 5.56 Å². The van der Waals surface area contributed by atoms with Crippen LogP contribution in [0.1, 0.15) is 24.8 Å². The molecule has 0 saturated carbocycles. The second kappa shape index (κ2) is 11.1. The molecule has 30 heavy (non-hydrogen) atoms. The molecule has 2 amide bonds. The van der Waals surface area contributed by atoms with Gasteiger partial charge in [-0.25, -0.2) is 15.1 Å². The van der Waals surface area contributed by atoms with Gasteiger partial charge >= 0.3 is 0 Å². The van der Waals surface area contributed by atoms with Crippen LogP contribution in [0.25, 0.3) is 0 Å². The number of rotatable bonds is 10. The molecular weight excluding hydrogens is 392 g/mol. The predicted octanol–water partition coefficient (Wildman–Crippen LogP) is -1.57. The van der Waals surface area contributed by atoms with Gasteiger partial charge in [0.05, 0.1) is 12.1 Å². The van der Waals surface area contributed by atoms with E-state index in [2.05, 4.69) is 10.3 Å². The van der Waals surface area contributed by atoms with Crippen LogP contribution < -0.4 is 27.9 Å². The maximum absolute atomic E-state index is 12.4. The van der Waals surface area contributed by atoms with Crippen LogP contribution in [0, 0.1) is 10.1 Å². The fourth-order valence-corrected chi connectivity index (χ4v) is 3.38. The first-order valence-electron chi connectivity index (χ1n) is 9.60. The lowest BCUT2D eigenvalue weighted by atomic mass is 10.1. The van der Waals surface area contributed by atoms with Crippen LogP contribution in [0.3, 0.4) is 0 Å². The molecule has 8 N–H and O–H groups in total. The van der Waals surface area contributed by atoms with Crippen molar-refractivity contribution in [1.29, 1.82) is 0 Å². The first kappa shape index (κ1) is 23.0. The number of nitrogens with two attached hydrogens (primary N) is 3. The highest BCUT2D eigenvalue weighted by molar-refractivity contribution is 5.83. The molecule has 1 saturated heterocycles. The van der Waals surface area contributed by atoms with Crippen LogP contribution in [0.2, 0.25) is 0 Å². The number of nitrogens with zero attached hydrogens (tertiary/aromatic N) is 3. The van der Waals surface area contributed by atoms with E-state index >= 15 is 0 Å². The minimum absolute atomic E-state index is 0.200. The highest BCUT2D eigenvalue weighted by Crippen LogP contribution is 2.20. The molecule has 1 fully saturated rings. The molecule has 1 aliphatic heterocycles. The number of likely N-dealkylation sites (tertiary alicyclic amines) is 1. The molecule has 12 nitrogen and oxygen atoms in total. The molecule has 0 bridgehead atoms. The first-order valence-corrected chi connectivity index (χ1v) is 9.60. The van der Waals surface area contributed by atoms with E-state index in [9.17, 15) is 19.7 Å².